The van der Waals surface area contributed by atoms with Crippen LogP contribution >= 0.6 is 15.9 Å². The van der Waals surface area contributed by atoms with Crippen LogP contribution in [0.25, 0.3) is 0 Å². The van der Waals surface area contributed by atoms with Gasteiger partial charge in [-0.3, -0.25) is 9.78 Å². The van der Waals surface area contributed by atoms with Gasteiger partial charge in [-0.25, -0.2) is 0 Å². The number of alkyl halides is 1. The maximum absolute atomic E-state index is 11.8. The highest BCUT2D eigenvalue weighted by Crippen LogP contribution is 2.04. The van der Waals surface area contributed by atoms with Crippen molar-refractivity contribution in [3.8, 4) is 0 Å². The van der Waals surface area contributed by atoms with Crippen molar-refractivity contribution >= 4 is 21.8 Å². The molecular weight excluding hydrogens is 268 g/mol. The Morgan fingerprint density at radius 3 is 2.81 bits per heavy atom. The molecule has 0 fully saturated rings. The van der Waals surface area contributed by atoms with E-state index in [1.54, 1.807) is 12.3 Å². The summed E-state index contributed by atoms with van der Waals surface area (Å²) in [5.41, 5.74) is 1.54. The molecule has 0 aromatic carbocycles. The molecule has 88 valence electrons. The first kappa shape index (κ1) is 13.2. The fourth-order valence-electron chi connectivity index (χ4n) is 1.38. The van der Waals surface area contributed by atoms with Crippen molar-refractivity contribution in [2.45, 2.75) is 32.7 Å². The first-order valence-electron chi connectivity index (χ1n) is 5.46. The Bertz CT molecular complexity index is 337. The van der Waals surface area contributed by atoms with E-state index >= 15 is 0 Å². The minimum absolute atomic E-state index is 0.0414. The molecule has 1 amide bonds. The van der Waals surface area contributed by atoms with E-state index in [1.165, 1.54) is 0 Å². The van der Waals surface area contributed by atoms with E-state index < -0.39 is 0 Å². The van der Waals surface area contributed by atoms with Gasteiger partial charge in [0.25, 0.3) is 5.91 Å². The van der Waals surface area contributed by atoms with Crippen LogP contribution in [0, 0.1) is 6.92 Å². The second-order valence-electron chi connectivity index (χ2n) is 3.74. The van der Waals surface area contributed by atoms with E-state index in [9.17, 15) is 4.79 Å². The maximum Gasteiger partial charge on any atom is 0.253 e. The van der Waals surface area contributed by atoms with Gasteiger partial charge in [-0.1, -0.05) is 22.9 Å². The second-order valence-corrected chi connectivity index (χ2v) is 4.54. The number of aryl methyl sites for hydroxylation is 1. The van der Waals surface area contributed by atoms with Crippen LogP contribution in [-0.2, 0) is 0 Å². The number of pyridine rings is 1. The molecule has 0 radical (unpaired) electrons. The zero-order valence-corrected chi connectivity index (χ0v) is 11.3. The van der Waals surface area contributed by atoms with Crippen molar-refractivity contribution in [2.75, 3.05) is 5.33 Å². The third-order valence-corrected chi connectivity index (χ3v) is 2.92. The van der Waals surface area contributed by atoms with E-state index in [0.29, 0.717) is 5.56 Å². The van der Waals surface area contributed by atoms with Gasteiger partial charge in [-0.2, -0.15) is 0 Å². The lowest BCUT2D eigenvalue weighted by atomic mass is 10.1. The summed E-state index contributed by atoms with van der Waals surface area (Å²) in [7, 11) is 0. The third-order valence-electron chi connectivity index (χ3n) is 2.46. The Morgan fingerprint density at radius 1 is 1.56 bits per heavy atom. The van der Waals surface area contributed by atoms with Crippen LogP contribution in [0.15, 0.2) is 18.3 Å². The summed E-state index contributed by atoms with van der Waals surface area (Å²) in [5.74, 6) is -0.0414. The molecule has 1 atom stereocenters. The van der Waals surface area contributed by atoms with Crippen LogP contribution in [0.3, 0.4) is 0 Å². The Morgan fingerprint density at radius 2 is 2.31 bits per heavy atom. The van der Waals surface area contributed by atoms with Crippen molar-refractivity contribution in [1.29, 1.82) is 0 Å². The molecule has 0 aliphatic heterocycles. The quantitative estimate of drug-likeness (QED) is 0.845. The predicted octanol–water partition coefficient (Wildman–Crippen LogP) is 2.68. The number of carbonyl (C=O) groups excluding carboxylic acids is 1. The van der Waals surface area contributed by atoms with Crippen LogP contribution in [0.4, 0.5) is 0 Å². The number of amides is 1. The first-order chi connectivity index (χ1) is 7.67. The van der Waals surface area contributed by atoms with Gasteiger partial charge in [0.05, 0.1) is 5.56 Å². The largest absolute Gasteiger partial charge is 0.349 e. The molecule has 3 nitrogen and oxygen atoms in total. The lowest BCUT2D eigenvalue weighted by Crippen LogP contribution is -2.34. The Labute approximate surface area is 105 Å². The van der Waals surface area contributed by atoms with Gasteiger partial charge in [-0.05, 0) is 31.9 Å². The highest BCUT2D eigenvalue weighted by Gasteiger charge is 2.11. The minimum atomic E-state index is -0.0414. The van der Waals surface area contributed by atoms with E-state index in [0.717, 1.165) is 23.9 Å². The second kappa shape index (κ2) is 6.63. The summed E-state index contributed by atoms with van der Waals surface area (Å²) >= 11 is 3.38. The number of nitrogens with one attached hydrogen (secondary N) is 1. The fourth-order valence-corrected chi connectivity index (χ4v) is 1.93. The molecule has 4 heteroatoms. The number of halogens is 1. The highest BCUT2D eigenvalue weighted by atomic mass is 79.9. The standard InChI is InChI=1S/C12H17BrN2O/c1-3-11(6-7-13)15-12(16)10-5-4-9(2)14-8-10/h4-5,8,11H,3,6-7H2,1-2H3,(H,15,16). The lowest BCUT2D eigenvalue weighted by molar-refractivity contribution is 0.0935. The van der Waals surface area contributed by atoms with E-state index in [1.807, 2.05) is 13.0 Å². The summed E-state index contributed by atoms with van der Waals surface area (Å²) in [6, 6.07) is 3.88. The molecule has 0 spiro atoms. The van der Waals surface area contributed by atoms with Crippen molar-refractivity contribution < 1.29 is 4.79 Å². The fraction of sp³-hybridized carbons (Fsp3) is 0.500. The lowest BCUT2D eigenvalue weighted by Gasteiger charge is -2.15. The molecule has 0 saturated heterocycles. The summed E-state index contributed by atoms with van der Waals surface area (Å²) in [4.78, 5) is 15.9. The van der Waals surface area contributed by atoms with Crippen molar-refractivity contribution in [3.63, 3.8) is 0 Å². The van der Waals surface area contributed by atoms with Gasteiger partial charge < -0.3 is 5.32 Å². The SMILES string of the molecule is CCC(CCBr)NC(=O)c1ccc(C)nc1. The molecule has 1 aromatic rings. The number of carbonyl (C=O) groups is 1. The average molecular weight is 285 g/mol. The Kier molecular flexibility index (Phi) is 5.46. The Hall–Kier alpha value is -0.900. The van der Waals surface area contributed by atoms with E-state index in [4.69, 9.17) is 0 Å². The third kappa shape index (κ3) is 3.93. The molecule has 1 rings (SSSR count). The summed E-state index contributed by atoms with van der Waals surface area (Å²) in [6.07, 6.45) is 3.50. The van der Waals surface area contributed by atoms with Gasteiger partial charge in [0, 0.05) is 23.3 Å². The summed E-state index contributed by atoms with van der Waals surface area (Å²) < 4.78 is 0. The van der Waals surface area contributed by atoms with Gasteiger partial charge in [-0.15, -0.1) is 0 Å². The van der Waals surface area contributed by atoms with E-state index in [-0.39, 0.29) is 11.9 Å². The van der Waals surface area contributed by atoms with Crippen LogP contribution < -0.4 is 5.32 Å². The molecular formula is C12H17BrN2O. The number of aromatic nitrogens is 1. The zero-order chi connectivity index (χ0) is 12.0. The molecule has 0 aliphatic rings. The topological polar surface area (TPSA) is 42.0 Å². The van der Waals surface area contributed by atoms with Crippen molar-refractivity contribution in [3.05, 3.63) is 29.6 Å². The smallest absolute Gasteiger partial charge is 0.253 e. The molecule has 1 N–H and O–H groups in total. The highest BCUT2D eigenvalue weighted by molar-refractivity contribution is 9.09. The average Bonchev–Trinajstić information content (AvgIpc) is 2.29. The van der Waals surface area contributed by atoms with Gasteiger partial charge in [0.2, 0.25) is 0 Å². The maximum atomic E-state index is 11.8. The predicted molar refractivity (Wildman–Crippen MR) is 68.9 cm³/mol. The van der Waals surface area contributed by atoms with Crippen molar-refractivity contribution in [1.82, 2.24) is 10.3 Å². The van der Waals surface area contributed by atoms with E-state index in [2.05, 4.69) is 33.2 Å². The van der Waals surface area contributed by atoms with Crippen LogP contribution in [-0.4, -0.2) is 22.3 Å². The summed E-state index contributed by atoms with van der Waals surface area (Å²) in [6.45, 7) is 3.97. The first-order valence-corrected chi connectivity index (χ1v) is 6.59. The normalized spacial score (nSPS) is 12.2. The Balaban J connectivity index is 2.60. The molecule has 16 heavy (non-hydrogen) atoms. The number of rotatable bonds is 5. The molecule has 1 unspecified atom stereocenters. The molecule has 0 saturated carbocycles. The van der Waals surface area contributed by atoms with Gasteiger partial charge >= 0.3 is 0 Å². The minimum Gasteiger partial charge on any atom is -0.349 e. The number of hydrogen-bond acceptors (Lipinski definition) is 2. The summed E-state index contributed by atoms with van der Waals surface area (Å²) in [5, 5.41) is 3.90. The number of hydrogen-bond donors (Lipinski definition) is 1. The molecule has 0 aliphatic carbocycles. The van der Waals surface area contributed by atoms with Crippen molar-refractivity contribution in [2.24, 2.45) is 0 Å². The molecule has 1 heterocycles. The van der Waals surface area contributed by atoms with Crippen LogP contribution in [0.5, 0.6) is 0 Å². The molecule has 1 aromatic heterocycles. The monoisotopic (exact) mass is 284 g/mol. The number of nitrogens with zero attached hydrogens (tertiary/aromatic N) is 1. The van der Waals surface area contributed by atoms with Gasteiger partial charge in [0.1, 0.15) is 0 Å². The van der Waals surface area contributed by atoms with Crippen LogP contribution in [0.1, 0.15) is 35.8 Å². The molecule has 0 bridgehead atoms. The van der Waals surface area contributed by atoms with Gasteiger partial charge in [0.15, 0.2) is 0 Å². The van der Waals surface area contributed by atoms with Crippen LogP contribution in [0.2, 0.25) is 0 Å². The zero-order valence-electron chi connectivity index (χ0n) is 9.66.